The topological polar surface area (TPSA) is 122 Å². The van der Waals surface area contributed by atoms with Gasteiger partial charge in [0.15, 0.2) is 0 Å². The van der Waals surface area contributed by atoms with Crippen LogP contribution >= 0.6 is 0 Å². The van der Waals surface area contributed by atoms with E-state index in [0.29, 0.717) is 0 Å². The van der Waals surface area contributed by atoms with Gasteiger partial charge in [0.1, 0.15) is 5.69 Å². The monoisotopic (exact) mass is 514 g/mol. The number of nitro groups is 1. The van der Waals surface area contributed by atoms with Crippen molar-refractivity contribution < 1.29 is 32.5 Å². The van der Waals surface area contributed by atoms with Crippen molar-refractivity contribution in [3.05, 3.63) is 75.9 Å². The molecule has 1 heterocycles. The van der Waals surface area contributed by atoms with Crippen LogP contribution in [0.15, 0.2) is 54.6 Å². The second-order valence-corrected chi connectivity index (χ2v) is 9.24. The third-order valence-corrected chi connectivity index (χ3v) is 7.15. The molecule has 2 aromatic rings. The zero-order valence-corrected chi connectivity index (χ0v) is 19.2. The third-order valence-electron chi connectivity index (χ3n) is 7.15. The van der Waals surface area contributed by atoms with Gasteiger partial charge in [-0.2, -0.15) is 13.2 Å². The van der Waals surface area contributed by atoms with Gasteiger partial charge in [0.2, 0.25) is 11.8 Å². The molecule has 1 aliphatic heterocycles. The number of hydrogen-bond donors (Lipinski definition) is 2. The van der Waals surface area contributed by atoms with Gasteiger partial charge in [-0.1, -0.05) is 24.3 Å². The summed E-state index contributed by atoms with van der Waals surface area (Å²) < 4.78 is 39.6. The maximum absolute atomic E-state index is 13.2. The van der Waals surface area contributed by atoms with Gasteiger partial charge < -0.3 is 10.6 Å². The first-order valence-corrected chi connectivity index (χ1v) is 11.6. The smallest absolute Gasteiger partial charge is 0.378 e. The molecule has 2 fully saturated rings. The number of allylic oxidation sites excluding steroid dienone is 2. The van der Waals surface area contributed by atoms with Crippen LogP contribution in [0.25, 0.3) is 0 Å². The fraction of sp³-hybridized carbons (Fsp3) is 0.320. The molecular formula is C25H21F3N4O5. The molecule has 192 valence electrons. The van der Waals surface area contributed by atoms with E-state index in [1.54, 1.807) is 0 Å². The second-order valence-electron chi connectivity index (χ2n) is 9.24. The Kier molecular flexibility index (Phi) is 5.97. The van der Waals surface area contributed by atoms with Crippen LogP contribution in [0.4, 0.5) is 30.2 Å². The number of alkyl halides is 3. The first-order valence-electron chi connectivity index (χ1n) is 11.6. The SMILES string of the molecule is O=C(Nc1ccccc1C(F)(F)F)c1ccc(NCCN2C(=O)[C@@H]3[C@@H](C2=O)[C@H]2C=C[C@@H]3C2)c([N+](=O)[O-])c1. The molecule has 0 aromatic heterocycles. The van der Waals surface area contributed by atoms with Crippen molar-refractivity contribution in [1.82, 2.24) is 4.90 Å². The van der Waals surface area contributed by atoms with Crippen molar-refractivity contribution in [2.24, 2.45) is 23.7 Å². The predicted molar refractivity (Wildman–Crippen MR) is 125 cm³/mol. The minimum Gasteiger partial charge on any atom is -0.378 e. The number of nitrogens with one attached hydrogen (secondary N) is 2. The fourth-order valence-corrected chi connectivity index (χ4v) is 5.49. The summed E-state index contributed by atoms with van der Waals surface area (Å²) in [5, 5.41) is 16.6. The van der Waals surface area contributed by atoms with Crippen LogP contribution in [-0.2, 0) is 15.8 Å². The lowest BCUT2D eigenvalue weighted by Gasteiger charge is -2.18. The van der Waals surface area contributed by atoms with Gasteiger partial charge in [0.05, 0.1) is 28.0 Å². The normalized spacial score (nSPS) is 23.9. The third kappa shape index (κ3) is 4.32. The molecule has 9 nitrogen and oxygen atoms in total. The van der Waals surface area contributed by atoms with Crippen LogP contribution in [0, 0.1) is 33.8 Å². The van der Waals surface area contributed by atoms with Crippen molar-refractivity contribution in [3.8, 4) is 0 Å². The molecule has 4 atom stereocenters. The van der Waals surface area contributed by atoms with E-state index in [-0.39, 0.29) is 59.8 Å². The number of halogens is 3. The number of amides is 3. The molecule has 12 heteroatoms. The van der Waals surface area contributed by atoms with Crippen LogP contribution in [-0.4, -0.2) is 40.6 Å². The number of nitro benzene ring substituents is 1. The number of rotatable bonds is 7. The fourth-order valence-electron chi connectivity index (χ4n) is 5.49. The highest BCUT2D eigenvalue weighted by Crippen LogP contribution is 2.52. The maximum Gasteiger partial charge on any atom is 0.418 e. The molecule has 2 aliphatic carbocycles. The van der Waals surface area contributed by atoms with E-state index < -0.39 is 33.9 Å². The Morgan fingerprint density at radius 3 is 2.30 bits per heavy atom. The quantitative estimate of drug-likeness (QED) is 0.249. The van der Waals surface area contributed by atoms with E-state index in [0.717, 1.165) is 24.6 Å². The molecule has 2 aromatic carbocycles. The molecule has 0 radical (unpaired) electrons. The summed E-state index contributed by atoms with van der Waals surface area (Å²) in [6.07, 6.45) is 0.0897. The van der Waals surface area contributed by atoms with E-state index in [2.05, 4.69) is 10.6 Å². The minimum atomic E-state index is -4.70. The molecule has 3 amide bonds. The van der Waals surface area contributed by atoms with Gasteiger partial charge in [-0.05, 0) is 42.5 Å². The zero-order valence-electron chi connectivity index (χ0n) is 19.2. The van der Waals surface area contributed by atoms with Gasteiger partial charge >= 0.3 is 6.18 Å². The highest BCUT2D eigenvalue weighted by atomic mass is 19.4. The van der Waals surface area contributed by atoms with Crippen LogP contribution in [0.3, 0.4) is 0 Å². The van der Waals surface area contributed by atoms with E-state index in [1.165, 1.54) is 29.2 Å². The maximum atomic E-state index is 13.2. The number of benzene rings is 2. The number of likely N-dealkylation sites (tertiary alicyclic amines) is 1. The van der Waals surface area contributed by atoms with Crippen molar-refractivity contribution in [2.75, 3.05) is 23.7 Å². The largest absolute Gasteiger partial charge is 0.418 e. The summed E-state index contributed by atoms with van der Waals surface area (Å²) in [5.74, 6) is -1.92. The molecule has 1 saturated heterocycles. The molecule has 3 aliphatic rings. The summed E-state index contributed by atoms with van der Waals surface area (Å²) in [5.41, 5.74) is -2.17. The van der Waals surface area contributed by atoms with Gasteiger partial charge in [-0.25, -0.2) is 0 Å². The van der Waals surface area contributed by atoms with Crippen molar-refractivity contribution in [3.63, 3.8) is 0 Å². The number of anilines is 2. The highest BCUT2D eigenvalue weighted by Gasteiger charge is 2.58. The Bertz CT molecular complexity index is 1310. The van der Waals surface area contributed by atoms with E-state index in [4.69, 9.17) is 0 Å². The first kappa shape index (κ1) is 24.5. The molecule has 2 N–H and O–H groups in total. The van der Waals surface area contributed by atoms with Gasteiger partial charge in [0, 0.05) is 24.7 Å². The number of carbonyl (C=O) groups is 3. The Morgan fingerprint density at radius 2 is 1.68 bits per heavy atom. The number of nitrogens with zero attached hydrogens (tertiary/aromatic N) is 2. The number of carbonyl (C=O) groups excluding carboxylic acids is 3. The number of para-hydroxylation sites is 1. The number of hydrogen-bond acceptors (Lipinski definition) is 6. The summed E-state index contributed by atoms with van der Waals surface area (Å²) in [7, 11) is 0. The Balaban J connectivity index is 1.26. The number of imide groups is 1. The van der Waals surface area contributed by atoms with Crippen molar-refractivity contribution in [1.29, 1.82) is 0 Å². The molecule has 0 unspecified atom stereocenters. The van der Waals surface area contributed by atoms with Crippen LogP contribution in [0.1, 0.15) is 22.3 Å². The molecule has 1 saturated carbocycles. The summed E-state index contributed by atoms with van der Waals surface area (Å²) in [4.78, 5) is 50.2. The Hall–Kier alpha value is -4.22. The van der Waals surface area contributed by atoms with E-state index in [1.807, 2.05) is 12.2 Å². The molecule has 0 spiro atoms. The van der Waals surface area contributed by atoms with Gasteiger partial charge in [-0.15, -0.1) is 0 Å². The number of fused-ring (bicyclic) bond motifs is 5. The summed E-state index contributed by atoms with van der Waals surface area (Å²) in [6, 6.07) is 7.85. The van der Waals surface area contributed by atoms with Crippen molar-refractivity contribution in [2.45, 2.75) is 12.6 Å². The molecular weight excluding hydrogens is 493 g/mol. The average Bonchev–Trinajstić information content (AvgIpc) is 3.53. The van der Waals surface area contributed by atoms with Gasteiger partial charge in [-0.3, -0.25) is 29.4 Å². The molecule has 5 rings (SSSR count). The standard InChI is InChI=1S/C25H21F3N4O5/c26-25(27,28)16-3-1-2-4-17(16)30-22(33)15-7-8-18(19(12-15)32(36)37)29-9-10-31-23(34)20-13-5-6-14(11-13)21(20)24(31)35/h1-8,12-14,20-21,29H,9-11H2,(H,30,33)/t13-,14+,20-,21-/m0/s1. The average molecular weight is 514 g/mol. The summed E-state index contributed by atoms with van der Waals surface area (Å²) >= 11 is 0. The van der Waals surface area contributed by atoms with Crippen molar-refractivity contribution >= 4 is 34.8 Å². The van der Waals surface area contributed by atoms with E-state index in [9.17, 15) is 37.7 Å². The lowest BCUT2D eigenvalue weighted by atomic mass is 9.85. The van der Waals surface area contributed by atoms with E-state index >= 15 is 0 Å². The summed E-state index contributed by atoms with van der Waals surface area (Å²) in [6.45, 7) is 0.0722. The van der Waals surface area contributed by atoms with Crippen LogP contribution in [0.2, 0.25) is 0 Å². The van der Waals surface area contributed by atoms with Gasteiger partial charge in [0.25, 0.3) is 11.6 Å². The molecule has 37 heavy (non-hydrogen) atoms. The van der Waals surface area contributed by atoms with Crippen LogP contribution < -0.4 is 10.6 Å². The zero-order chi connectivity index (χ0) is 26.5. The first-order chi connectivity index (χ1) is 17.6. The Morgan fingerprint density at radius 1 is 1.03 bits per heavy atom. The minimum absolute atomic E-state index is 0.0255. The molecule has 2 bridgehead atoms. The second kappa shape index (κ2) is 9.02. The lowest BCUT2D eigenvalue weighted by Crippen LogP contribution is -2.36. The van der Waals surface area contributed by atoms with Crippen LogP contribution in [0.5, 0.6) is 0 Å². The Labute approximate surface area is 208 Å². The highest BCUT2D eigenvalue weighted by molar-refractivity contribution is 6.07. The lowest BCUT2D eigenvalue weighted by molar-refractivity contribution is -0.384. The predicted octanol–water partition coefficient (Wildman–Crippen LogP) is 4.08.